The van der Waals surface area contributed by atoms with Crippen LogP contribution in [0.15, 0.2) is 6.07 Å². The molecule has 0 atom stereocenters. The summed E-state index contributed by atoms with van der Waals surface area (Å²) < 4.78 is 1.28. The molecule has 8 nitrogen and oxygen atoms in total. The van der Waals surface area contributed by atoms with Gasteiger partial charge in [-0.15, -0.1) is 5.10 Å². The number of aromatic nitrogens is 6. The number of rotatable bonds is 3. The van der Waals surface area contributed by atoms with Crippen molar-refractivity contribution in [1.29, 1.82) is 0 Å². The van der Waals surface area contributed by atoms with Crippen LogP contribution in [0.4, 0.5) is 0 Å². The first-order chi connectivity index (χ1) is 8.84. The Kier molecular flexibility index (Phi) is 3.01. The molecular weight excluding hydrogens is 248 g/mol. The Morgan fingerprint density at radius 3 is 2.58 bits per heavy atom. The van der Waals surface area contributed by atoms with Gasteiger partial charge >= 0.3 is 5.97 Å². The van der Waals surface area contributed by atoms with Crippen molar-refractivity contribution in [3.63, 3.8) is 0 Å². The van der Waals surface area contributed by atoms with Crippen LogP contribution >= 0.6 is 0 Å². The van der Waals surface area contributed by atoms with Gasteiger partial charge in [-0.2, -0.15) is 10.2 Å². The van der Waals surface area contributed by atoms with Crippen LogP contribution in [0, 0.1) is 13.8 Å². The van der Waals surface area contributed by atoms with Gasteiger partial charge in [-0.3, -0.25) is 0 Å². The van der Waals surface area contributed by atoms with E-state index in [-0.39, 0.29) is 0 Å². The van der Waals surface area contributed by atoms with Crippen LogP contribution < -0.4 is 0 Å². The van der Waals surface area contributed by atoms with Crippen LogP contribution in [0.2, 0.25) is 0 Å². The molecule has 0 amide bonds. The molecule has 100 valence electrons. The van der Waals surface area contributed by atoms with Crippen molar-refractivity contribution >= 4 is 5.97 Å². The van der Waals surface area contributed by atoms with E-state index >= 15 is 0 Å². The Balaban J connectivity index is 2.63. The number of hydrogen-bond acceptors (Lipinski definition) is 6. The SMILES string of the molecule is Cc1cc(-c2nnnn2C(C)(C)C(=O)O)c(C)nn1. The number of nitrogens with zero attached hydrogens (tertiary/aromatic N) is 6. The average molecular weight is 262 g/mol. The lowest BCUT2D eigenvalue weighted by molar-refractivity contribution is -0.146. The highest BCUT2D eigenvalue weighted by atomic mass is 16.4. The second-order valence-corrected chi connectivity index (χ2v) is 4.76. The molecule has 1 N–H and O–H groups in total. The third-order valence-corrected chi connectivity index (χ3v) is 2.86. The zero-order valence-corrected chi connectivity index (χ0v) is 11.1. The van der Waals surface area contributed by atoms with Crippen molar-refractivity contribution in [2.75, 3.05) is 0 Å². The van der Waals surface area contributed by atoms with Gasteiger partial charge in [0, 0.05) is 5.56 Å². The molecule has 0 aliphatic rings. The van der Waals surface area contributed by atoms with Gasteiger partial charge in [0.15, 0.2) is 11.4 Å². The lowest BCUT2D eigenvalue weighted by Crippen LogP contribution is -2.37. The van der Waals surface area contributed by atoms with Gasteiger partial charge in [0.25, 0.3) is 0 Å². The number of carboxylic acids is 1. The fraction of sp³-hybridized carbons (Fsp3) is 0.455. The summed E-state index contributed by atoms with van der Waals surface area (Å²) in [7, 11) is 0. The van der Waals surface area contributed by atoms with Crippen molar-refractivity contribution in [1.82, 2.24) is 30.4 Å². The predicted molar refractivity (Wildman–Crippen MR) is 65.3 cm³/mol. The second-order valence-electron chi connectivity index (χ2n) is 4.76. The largest absolute Gasteiger partial charge is 0.479 e. The van der Waals surface area contributed by atoms with Crippen molar-refractivity contribution in [2.45, 2.75) is 33.2 Å². The van der Waals surface area contributed by atoms with Crippen LogP contribution in [0.3, 0.4) is 0 Å². The van der Waals surface area contributed by atoms with E-state index in [0.717, 1.165) is 0 Å². The molecule has 0 saturated heterocycles. The smallest absolute Gasteiger partial charge is 0.331 e. The number of carboxylic acid groups (broad SMARTS) is 1. The molecule has 2 rings (SSSR count). The van der Waals surface area contributed by atoms with Crippen LogP contribution in [-0.4, -0.2) is 41.5 Å². The minimum absolute atomic E-state index is 0.364. The monoisotopic (exact) mass is 262 g/mol. The molecule has 19 heavy (non-hydrogen) atoms. The molecule has 0 saturated carbocycles. The molecule has 2 heterocycles. The third kappa shape index (κ3) is 2.16. The van der Waals surface area contributed by atoms with Crippen LogP contribution in [-0.2, 0) is 10.3 Å². The molecular formula is C11H14N6O2. The minimum Gasteiger partial charge on any atom is -0.479 e. The zero-order valence-electron chi connectivity index (χ0n) is 11.1. The van der Waals surface area contributed by atoms with Crippen LogP contribution in [0.5, 0.6) is 0 Å². The van der Waals surface area contributed by atoms with Crippen molar-refractivity contribution in [3.8, 4) is 11.4 Å². The van der Waals surface area contributed by atoms with E-state index < -0.39 is 11.5 Å². The molecule has 8 heteroatoms. The number of hydrogen-bond donors (Lipinski definition) is 1. The van der Waals surface area contributed by atoms with E-state index in [1.807, 2.05) is 0 Å². The Hall–Kier alpha value is -2.38. The molecule has 2 aromatic heterocycles. The molecule has 0 bridgehead atoms. The highest BCUT2D eigenvalue weighted by molar-refractivity contribution is 5.76. The average Bonchev–Trinajstić information content (AvgIpc) is 2.81. The maximum absolute atomic E-state index is 11.3. The van der Waals surface area contributed by atoms with E-state index in [1.165, 1.54) is 18.5 Å². The summed E-state index contributed by atoms with van der Waals surface area (Å²) in [4.78, 5) is 11.3. The topological polar surface area (TPSA) is 107 Å². The molecule has 0 aliphatic heterocycles. The van der Waals surface area contributed by atoms with Gasteiger partial charge < -0.3 is 5.11 Å². The van der Waals surface area contributed by atoms with Crippen molar-refractivity contribution < 1.29 is 9.90 Å². The summed E-state index contributed by atoms with van der Waals surface area (Å²) in [6.07, 6.45) is 0. The molecule has 0 radical (unpaired) electrons. The summed E-state index contributed by atoms with van der Waals surface area (Å²) in [5.74, 6) is -0.652. The van der Waals surface area contributed by atoms with Crippen molar-refractivity contribution in [3.05, 3.63) is 17.5 Å². The van der Waals surface area contributed by atoms with Gasteiger partial charge in [-0.1, -0.05) is 0 Å². The van der Waals surface area contributed by atoms with Crippen LogP contribution in [0.1, 0.15) is 25.2 Å². The van der Waals surface area contributed by atoms with Gasteiger partial charge in [0.1, 0.15) is 0 Å². The lowest BCUT2D eigenvalue weighted by Gasteiger charge is -2.20. The Bertz CT molecular complexity index is 634. The molecule has 0 aliphatic carbocycles. The molecule has 0 unspecified atom stereocenters. The first-order valence-electron chi connectivity index (χ1n) is 5.67. The van der Waals surface area contributed by atoms with Gasteiger partial charge in [-0.05, 0) is 44.2 Å². The lowest BCUT2D eigenvalue weighted by atomic mass is 10.1. The van der Waals surface area contributed by atoms with E-state index in [4.69, 9.17) is 0 Å². The fourth-order valence-corrected chi connectivity index (χ4v) is 1.60. The first-order valence-corrected chi connectivity index (χ1v) is 5.67. The predicted octanol–water partition coefficient (Wildman–Crippen LogP) is 0.567. The Morgan fingerprint density at radius 2 is 1.95 bits per heavy atom. The Labute approximate surface area is 109 Å². The van der Waals surface area contributed by atoms with Gasteiger partial charge in [-0.25, -0.2) is 9.48 Å². The second kappa shape index (κ2) is 4.38. The number of carbonyl (C=O) groups is 1. The quantitative estimate of drug-likeness (QED) is 0.861. The maximum Gasteiger partial charge on any atom is 0.331 e. The molecule has 0 spiro atoms. The van der Waals surface area contributed by atoms with Gasteiger partial charge in [0.05, 0.1) is 11.4 Å². The summed E-state index contributed by atoms with van der Waals surface area (Å²) in [5.41, 5.74) is 0.778. The highest BCUT2D eigenvalue weighted by Crippen LogP contribution is 2.24. The summed E-state index contributed by atoms with van der Waals surface area (Å²) in [5, 5.41) is 28.5. The number of aliphatic carboxylic acids is 1. The molecule has 0 fully saturated rings. The van der Waals surface area contributed by atoms with E-state index in [1.54, 1.807) is 19.9 Å². The highest BCUT2D eigenvalue weighted by Gasteiger charge is 2.34. The normalized spacial score (nSPS) is 11.6. The molecule has 0 aromatic carbocycles. The van der Waals surface area contributed by atoms with E-state index in [2.05, 4.69) is 25.7 Å². The van der Waals surface area contributed by atoms with Gasteiger partial charge in [0.2, 0.25) is 0 Å². The first kappa shape index (κ1) is 13.1. The maximum atomic E-state index is 11.3. The summed E-state index contributed by atoms with van der Waals surface area (Å²) in [6.45, 7) is 6.64. The van der Waals surface area contributed by atoms with Crippen LogP contribution in [0.25, 0.3) is 11.4 Å². The van der Waals surface area contributed by atoms with Crippen molar-refractivity contribution in [2.24, 2.45) is 0 Å². The fourth-order valence-electron chi connectivity index (χ4n) is 1.60. The van der Waals surface area contributed by atoms with E-state index in [0.29, 0.717) is 22.8 Å². The minimum atomic E-state index is -1.25. The molecule has 2 aromatic rings. The third-order valence-electron chi connectivity index (χ3n) is 2.86. The van der Waals surface area contributed by atoms with E-state index in [9.17, 15) is 9.90 Å². The number of aryl methyl sites for hydroxylation is 2. The summed E-state index contributed by atoms with van der Waals surface area (Å²) >= 11 is 0. The standard InChI is InChI=1S/C11H14N6O2/c1-6-5-8(7(2)13-12-6)9-14-15-16-17(9)11(3,4)10(18)19/h5H,1-4H3,(H,18,19). The summed E-state index contributed by atoms with van der Waals surface area (Å²) in [6, 6.07) is 1.78. The Morgan fingerprint density at radius 1 is 1.26 bits per heavy atom. The zero-order chi connectivity index (χ0) is 14.2. The number of tetrazole rings is 1.